The van der Waals surface area contributed by atoms with Gasteiger partial charge >= 0.3 is 6.18 Å². The van der Waals surface area contributed by atoms with Crippen molar-refractivity contribution in [2.45, 2.75) is 25.1 Å². The van der Waals surface area contributed by atoms with Crippen molar-refractivity contribution in [3.63, 3.8) is 0 Å². The quantitative estimate of drug-likeness (QED) is 0.794. The molecular weight excluding hydrogens is 343 g/mol. The first-order valence-electron chi connectivity index (χ1n) is 6.63. The molecule has 0 bridgehead atoms. The predicted molar refractivity (Wildman–Crippen MR) is 80.4 cm³/mol. The summed E-state index contributed by atoms with van der Waals surface area (Å²) in [5, 5.41) is 3.21. The van der Waals surface area contributed by atoms with Crippen LogP contribution in [0.15, 0.2) is 46.9 Å². The van der Waals surface area contributed by atoms with E-state index in [1.807, 2.05) is 12.1 Å². The second-order valence-corrected chi connectivity index (χ2v) is 6.06. The van der Waals surface area contributed by atoms with Crippen LogP contribution in [0.1, 0.15) is 16.7 Å². The van der Waals surface area contributed by atoms with Gasteiger partial charge in [0.25, 0.3) is 0 Å². The summed E-state index contributed by atoms with van der Waals surface area (Å²) in [6.45, 7) is 0. The molecule has 2 aromatic rings. The minimum atomic E-state index is -4.35. The van der Waals surface area contributed by atoms with E-state index in [1.54, 1.807) is 6.07 Å². The zero-order chi connectivity index (χ0) is 15.0. The van der Waals surface area contributed by atoms with Crippen molar-refractivity contribution in [3.05, 3.63) is 63.6 Å². The summed E-state index contributed by atoms with van der Waals surface area (Å²) in [5.74, 6) is 0. The van der Waals surface area contributed by atoms with Crippen molar-refractivity contribution in [1.29, 1.82) is 0 Å². The van der Waals surface area contributed by atoms with E-state index in [-0.39, 0.29) is 10.5 Å². The molecule has 0 spiro atoms. The van der Waals surface area contributed by atoms with Gasteiger partial charge in [-0.05, 0) is 42.2 Å². The lowest BCUT2D eigenvalue weighted by Crippen LogP contribution is -2.20. The number of rotatable bonds is 2. The molecule has 110 valence electrons. The fourth-order valence-electron chi connectivity index (χ4n) is 2.73. The van der Waals surface area contributed by atoms with Gasteiger partial charge in [0.15, 0.2) is 0 Å². The summed E-state index contributed by atoms with van der Waals surface area (Å²) >= 11 is 2.95. The zero-order valence-electron chi connectivity index (χ0n) is 11.0. The van der Waals surface area contributed by atoms with Crippen LogP contribution in [0.3, 0.4) is 0 Å². The van der Waals surface area contributed by atoms with Crippen LogP contribution >= 0.6 is 15.9 Å². The highest BCUT2D eigenvalue weighted by Crippen LogP contribution is 2.36. The molecule has 0 atom stereocenters. The molecule has 21 heavy (non-hydrogen) atoms. The van der Waals surface area contributed by atoms with Gasteiger partial charge in [-0.2, -0.15) is 13.2 Å². The molecule has 0 aromatic heterocycles. The van der Waals surface area contributed by atoms with E-state index in [4.69, 9.17) is 0 Å². The van der Waals surface area contributed by atoms with Crippen molar-refractivity contribution < 1.29 is 13.2 Å². The van der Waals surface area contributed by atoms with Crippen LogP contribution in [0.4, 0.5) is 18.9 Å². The zero-order valence-corrected chi connectivity index (χ0v) is 12.6. The Morgan fingerprint density at radius 3 is 2.19 bits per heavy atom. The average molecular weight is 356 g/mol. The van der Waals surface area contributed by atoms with Crippen LogP contribution < -0.4 is 5.32 Å². The molecule has 0 saturated carbocycles. The monoisotopic (exact) mass is 355 g/mol. The molecule has 1 aliphatic rings. The van der Waals surface area contributed by atoms with Gasteiger partial charge in [0, 0.05) is 16.2 Å². The van der Waals surface area contributed by atoms with Gasteiger partial charge in [0.1, 0.15) is 0 Å². The first-order chi connectivity index (χ1) is 9.93. The largest absolute Gasteiger partial charge is 0.417 e. The molecule has 0 radical (unpaired) electrons. The Labute approximate surface area is 129 Å². The third-order valence-electron chi connectivity index (χ3n) is 3.69. The topological polar surface area (TPSA) is 12.0 Å². The summed E-state index contributed by atoms with van der Waals surface area (Å²) in [6.07, 6.45) is -2.67. The van der Waals surface area contributed by atoms with Gasteiger partial charge in [0.2, 0.25) is 0 Å². The molecular formula is C16H13BrF3N. The maximum atomic E-state index is 12.9. The lowest BCUT2D eigenvalue weighted by Gasteiger charge is -2.16. The van der Waals surface area contributed by atoms with Crippen molar-refractivity contribution in [2.75, 3.05) is 5.32 Å². The minimum Gasteiger partial charge on any atom is -0.382 e. The highest BCUT2D eigenvalue weighted by atomic mass is 79.9. The van der Waals surface area contributed by atoms with Gasteiger partial charge < -0.3 is 5.32 Å². The van der Waals surface area contributed by atoms with E-state index in [2.05, 4.69) is 33.4 Å². The number of fused-ring (bicyclic) bond motifs is 1. The van der Waals surface area contributed by atoms with Crippen LogP contribution in [-0.2, 0) is 19.0 Å². The predicted octanol–water partition coefficient (Wildman–Crippen LogP) is 5.05. The molecule has 0 heterocycles. The molecule has 0 unspecified atom stereocenters. The van der Waals surface area contributed by atoms with E-state index < -0.39 is 11.7 Å². The first-order valence-corrected chi connectivity index (χ1v) is 7.43. The third-order valence-corrected chi connectivity index (χ3v) is 4.39. The maximum absolute atomic E-state index is 12.9. The van der Waals surface area contributed by atoms with Crippen molar-refractivity contribution in [1.82, 2.24) is 0 Å². The van der Waals surface area contributed by atoms with Gasteiger partial charge in [-0.25, -0.2) is 0 Å². The number of hydrogen-bond donors (Lipinski definition) is 1. The minimum absolute atomic E-state index is 0.0651. The molecule has 0 amide bonds. The molecule has 1 nitrogen and oxygen atoms in total. The molecule has 5 heteroatoms. The highest BCUT2D eigenvalue weighted by molar-refractivity contribution is 9.10. The van der Waals surface area contributed by atoms with E-state index in [1.165, 1.54) is 17.2 Å². The number of anilines is 1. The van der Waals surface area contributed by atoms with Crippen molar-refractivity contribution in [3.8, 4) is 0 Å². The summed E-state index contributed by atoms with van der Waals surface area (Å²) < 4.78 is 38.8. The van der Waals surface area contributed by atoms with Crippen molar-refractivity contribution >= 4 is 21.6 Å². The van der Waals surface area contributed by atoms with Crippen LogP contribution in [-0.4, -0.2) is 6.04 Å². The summed E-state index contributed by atoms with van der Waals surface area (Å²) in [6, 6.07) is 12.5. The fraction of sp³-hybridized carbons (Fsp3) is 0.250. The van der Waals surface area contributed by atoms with Crippen LogP contribution in [0.25, 0.3) is 0 Å². The lowest BCUT2D eigenvalue weighted by molar-refractivity contribution is -0.138. The number of nitrogens with one attached hydrogen (secondary N) is 1. The third kappa shape index (κ3) is 3.07. The Morgan fingerprint density at radius 1 is 1.00 bits per heavy atom. The lowest BCUT2D eigenvalue weighted by atomic mass is 10.1. The van der Waals surface area contributed by atoms with Crippen molar-refractivity contribution in [2.24, 2.45) is 0 Å². The van der Waals surface area contributed by atoms with Gasteiger partial charge in [-0.1, -0.05) is 40.2 Å². The van der Waals surface area contributed by atoms with Gasteiger partial charge in [-0.15, -0.1) is 0 Å². The number of alkyl halides is 3. The number of benzene rings is 2. The molecule has 2 aromatic carbocycles. The maximum Gasteiger partial charge on any atom is 0.417 e. The Morgan fingerprint density at radius 2 is 1.62 bits per heavy atom. The van der Waals surface area contributed by atoms with E-state index in [0.717, 1.165) is 18.9 Å². The summed E-state index contributed by atoms with van der Waals surface area (Å²) in [5.41, 5.74) is 2.39. The van der Waals surface area contributed by atoms with E-state index in [0.29, 0.717) is 5.69 Å². The van der Waals surface area contributed by atoms with Gasteiger partial charge in [0.05, 0.1) is 5.56 Å². The Kier molecular flexibility index (Phi) is 3.69. The standard InChI is InChI=1S/C16H13BrF3N/c17-15-6-5-12(9-14(15)16(18,19)20)21-13-7-10-3-1-2-4-11(10)8-13/h1-6,9,13,21H,7-8H2. The molecule has 0 aliphatic heterocycles. The normalized spacial score (nSPS) is 15.0. The van der Waals surface area contributed by atoms with E-state index >= 15 is 0 Å². The van der Waals surface area contributed by atoms with E-state index in [9.17, 15) is 13.2 Å². The smallest absolute Gasteiger partial charge is 0.382 e. The first kappa shape index (κ1) is 14.4. The Balaban J connectivity index is 1.78. The van der Waals surface area contributed by atoms with Crippen LogP contribution in [0.5, 0.6) is 0 Å². The highest BCUT2D eigenvalue weighted by Gasteiger charge is 2.33. The second kappa shape index (κ2) is 5.37. The molecule has 0 saturated heterocycles. The summed E-state index contributed by atoms with van der Waals surface area (Å²) in [4.78, 5) is 0. The SMILES string of the molecule is FC(F)(F)c1cc(NC2Cc3ccccc3C2)ccc1Br. The average Bonchev–Trinajstić information content (AvgIpc) is 2.82. The second-order valence-electron chi connectivity index (χ2n) is 5.21. The number of halogens is 4. The van der Waals surface area contributed by atoms with Crippen LogP contribution in [0.2, 0.25) is 0 Å². The van der Waals surface area contributed by atoms with Gasteiger partial charge in [-0.3, -0.25) is 0 Å². The molecule has 1 aliphatic carbocycles. The number of hydrogen-bond acceptors (Lipinski definition) is 1. The molecule has 3 rings (SSSR count). The fourth-order valence-corrected chi connectivity index (χ4v) is 3.20. The molecule has 0 fully saturated rings. The Hall–Kier alpha value is -1.49. The molecule has 1 N–H and O–H groups in total. The summed E-state index contributed by atoms with van der Waals surface area (Å²) in [7, 11) is 0. The van der Waals surface area contributed by atoms with Crippen LogP contribution in [0, 0.1) is 0 Å². The Bertz CT molecular complexity index is 642.